The first kappa shape index (κ1) is 17.7. The number of amides is 2. The van der Waals surface area contributed by atoms with Gasteiger partial charge in [-0.2, -0.15) is 0 Å². The maximum Gasteiger partial charge on any atom is 0.245 e. The van der Waals surface area contributed by atoms with Crippen molar-refractivity contribution in [3.05, 3.63) is 0 Å². The smallest absolute Gasteiger partial charge is 0.245 e. The molecule has 0 aromatic carbocycles. The summed E-state index contributed by atoms with van der Waals surface area (Å²) in [4.78, 5) is 27.8. The predicted octanol–water partition coefficient (Wildman–Crippen LogP) is 2.84. The zero-order valence-corrected chi connectivity index (χ0v) is 15.2. The zero-order chi connectivity index (χ0) is 17.2. The number of carbonyl (C=O) groups excluding carboxylic acids is 2. The van der Waals surface area contributed by atoms with Crippen molar-refractivity contribution in [3.8, 4) is 0 Å². The van der Waals surface area contributed by atoms with Crippen LogP contribution in [0.3, 0.4) is 0 Å². The highest BCUT2D eigenvalue weighted by Gasteiger charge is 2.54. The monoisotopic (exact) mass is 336 g/mol. The fourth-order valence-electron chi connectivity index (χ4n) is 4.77. The third-order valence-corrected chi connectivity index (χ3v) is 5.99. The van der Waals surface area contributed by atoms with Crippen molar-refractivity contribution >= 4 is 11.8 Å². The van der Waals surface area contributed by atoms with E-state index in [0.29, 0.717) is 19.1 Å². The Morgan fingerprint density at radius 2 is 1.96 bits per heavy atom. The molecule has 1 N–H and O–H groups in total. The van der Waals surface area contributed by atoms with E-state index in [0.717, 1.165) is 51.4 Å². The largest absolute Gasteiger partial charge is 0.354 e. The molecule has 5 heteroatoms. The number of hydrogen-bond acceptors (Lipinski definition) is 3. The Morgan fingerprint density at radius 3 is 2.62 bits per heavy atom. The van der Waals surface area contributed by atoms with Crippen molar-refractivity contribution in [2.45, 2.75) is 83.4 Å². The summed E-state index contributed by atoms with van der Waals surface area (Å²) in [6.07, 6.45) is 9.06. The summed E-state index contributed by atoms with van der Waals surface area (Å²) in [5.41, 5.74) is -0.536. The van der Waals surface area contributed by atoms with Gasteiger partial charge in [-0.15, -0.1) is 0 Å². The summed E-state index contributed by atoms with van der Waals surface area (Å²) in [7, 11) is 0. The summed E-state index contributed by atoms with van der Waals surface area (Å²) in [6.45, 7) is 5.27. The lowest BCUT2D eigenvalue weighted by molar-refractivity contribution is -0.166. The molecule has 1 heterocycles. The minimum absolute atomic E-state index is 0.0432. The molecule has 3 rings (SSSR count). The van der Waals surface area contributed by atoms with E-state index in [2.05, 4.69) is 12.2 Å². The van der Waals surface area contributed by atoms with Crippen molar-refractivity contribution in [3.63, 3.8) is 0 Å². The van der Waals surface area contributed by atoms with E-state index in [-0.39, 0.29) is 17.7 Å². The molecule has 0 bridgehead atoms. The number of nitrogens with zero attached hydrogens (tertiary/aromatic N) is 1. The molecule has 3 fully saturated rings. The van der Waals surface area contributed by atoms with Gasteiger partial charge in [0.25, 0.3) is 0 Å². The fraction of sp³-hybridized carbons (Fsp3) is 0.895. The summed E-state index contributed by atoms with van der Waals surface area (Å²) < 4.78 is 6.20. The molecule has 0 unspecified atom stereocenters. The lowest BCUT2D eigenvalue weighted by Crippen LogP contribution is -2.58. The third-order valence-electron chi connectivity index (χ3n) is 5.99. The van der Waals surface area contributed by atoms with Crippen LogP contribution in [0.4, 0.5) is 0 Å². The van der Waals surface area contributed by atoms with Crippen LogP contribution in [0.15, 0.2) is 0 Å². The first-order chi connectivity index (χ1) is 11.6. The van der Waals surface area contributed by atoms with Crippen LogP contribution in [0.1, 0.15) is 71.6 Å². The molecule has 5 nitrogen and oxygen atoms in total. The number of ether oxygens (including phenoxy) is 1. The molecular weight excluding hydrogens is 304 g/mol. The summed E-state index contributed by atoms with van der Waals surface area (Å²) >= 11 is 0. The van der Waals surface area contributed by atoms with Crippen molar-refractivity contribution in [1.29, 1.82) is 0 Å². The maximum absolute atomic E-state index is 13.3. The molecule has 1 saturated heterocycles. The second-order valence-corrected chi connectivity index (χ2v) is 7.96. The van der Waals surface area contributed by atoms with Gasteiger partial charge in [0, 0.05) is 12.5 Å². The van der Waals surface area contributed by atoms with Gasteiger partial charge in [-0.05, 0) is 44.4 Å². The standard InChI is InChI=1S/C19H32N2O3/c1-3-11-20-17(22)16-13-24-19(10-6-7-14(2)12-19)21(16)18(23)15-8-4-5-9-15/h14-16H,3-13H2,1-2H3,(H,20,22)/t14-,16+,19-/m1/s1. The van der Waals surface area contributed by atoms with Gasteiger partial charge in [0.1, 0.15) is 11.8 Å². The van der Waals surface area contributed by atoms with Crippen molar-refractivity contribution < 1.29 is 14.3 Å². The highest BCUT2D eigenvalue weighted by Crippen LogP contribution is 2.44. The molecule has 0 aromatic rings. The molecule has 2 amide bonds. The summed E-state index contributed by atoms with van der Waals surface area (Å²) in [5, 5.41) is 2.97. The molecular formula is C19H32N2O3. The minimum atomic E-state index is -0.536. The van der Waals surface area contributed by atoms with Crippen LogP contribution in [-0.4, -0.2) is 41.6 Å². The fourth-order valence-corrected chi connectivity index (χ4v) is 4.77. The summed E-state index contributed by atoms with van der Waals surface area (Å²) in [6, 6.07) is -0.449. The minimum Gasteiger partial charge on any atom is -0.354 e. The predicted molar refractivity (Wildman–Crippen MR) is 92.2 cm³/mol. The summed E-state index contributed by atoms with van der Waals surface area (Å²) in [5.74, 6) is 0.742. The normalized spacial score (nSPS) is 34.0. The Kier molecular flexibility index (Phi) is 5.48. The van der Waals surface area contributed by atoms with E-state index in [1.165, 1.54) is 6.42 Å². The topological polar surface area (TPSA) is 58.6 Å². The van der Waals surface area contributed by atoms with Gasteiger partial charge in [-0.25, -0.2) is 0 Å². The second kappa shape index (κ2) is 7.42. The number of nitrogens with one attached hydrogen (secondary N) is 1. The highest BCUT2D eigenvalue weighted by molar-refractivity contribution is 5.89. The SMILES string of the molecule is CCCNC(=O)[C@@H]1CO[C@@]2(CCC[C@@H](C)C2)N1C(=O)C1CCCC1. The van der Waals surface area contributed by atoms with Crippen LogP contribution in [-0.2, 0) is 14.3 Å². The van der Waals surface area contributed by atoms with Gasteiger partial charge in [-0.1, -0.05) is 33.1 Å². The van der Waals surface area contributed by atoms with Crippen LogP contribution >= 0.6 is 0 Å². The van der Waals surface area contributed by atoms with Crippen LogP contribution < -0.4 is 5.32 Å². The van der Waals surface area contributed by atoms with E-state index in [9.17, 15) is 9.59 Å². The quantitative estimate of drug-likeness (QED) is 0.859. The van der Waals surface area contributed by atoms with Crippen LogP contribution in [0.25, 0.3) is 0 Å². The first-order valence-corrected chi connectivity index (χ1v) is 9.82. The van der Waals surface area contributed by atoms with E-state index < -0.39 is 11.8 Å². The molecule has 136 valence electrons. The van der Waals surface area contributed by atoms with Gasteiger partial charge in [0.15, 0.2) is 0 Å². The van der Waals surface area contributed by atoms with Gasteiger partial charge >= 0.3 is 0 Å². The van der Waals surface area contributed by atoms with Gasteiger partial charge in [0.2, 0.25) is 11.8 Å². The Morgan fingerprint density at radius 1 is 1.21 bits per heavy atom. The number of carbonyl (C=O) groups is 2. The molecule has 2 aliphatic carbocycles. The highest BCUT2D eigenvalue weighted by atomic mass is 16.5. The Balaban J connectivity index is 1.83. The molecule has 2 saturated carbocycles. The Hall–Kier alpha value is -1.10. The zero-order valence-electron chi connectivity index (χ0n) is 15.2. The third kappa shape index (κ3) is 3.32. The number of hydrogen-bond donors (Lipinski definition) is 1. The van der Waals surface area contributed by atoms with E-state index in [4.69, 9.17) is 4.74 Å². The molecule has 3 atom stereocenters. The Bertz CT molecular complexity index is 475. The molecule has 24 heavy (non-hydrogen) atoms. The average Bonchev–Trinajstić information content (AvgIpc) is 3.20. The first-order valence-electron chi connectivity index (χ1n) is 9.82. The molecule has 0 aromatic heterocycles. The van der Waals surface area contributed by atoms with Crippen LogP contribution in [0, 0.1) is 11.8 Å². The lowest BCUT2D eigenvalue weighted by atomic mass is 9.82. The molecule has 3 aliphatic rings. The van der Waals surface area contributed by atoms with Gasteiger partial charge in [0.05, 0.1) is 6.61 Å². The number of rotatable bonds is 4. The molecule has 0 radical (unpaired) electrons. The van der Waals surface area contributed by atoms with E-state index in [1.807, 2.05) is 11.8 Å². The van der Waals surface area contributed by atoms with Crippen molar-refractivity contribution in [1.82, 2.24) is 10.2 Å². The molecule has 1 spiro atoms. The van der Waals surface area contributed by atoms with Crippen LogP contribution in [0.2, 0.25) is 0 Å². The maximum atomic E-state index is 13.3. The average molecular weight is 336 g/mol. The van der Waals surface area contributed by atoms with Gasteiger partial charge < -0.3 is 10.1 Å². The molecule has 1 aliphatic heterocycles. The van der Waals surface area contributed by atoms with E-state index in [1.54, 1.807) is 0 Å². The van der Waals surface area contributed by atoms with Gasteiger partial charge in [-0.3, -0.25) is 14.5 Å². The van der Waals surface area contributed by atoms with Crippen molar-refractivity contribution in [2.75, 3.05) is 13.2 Å². The van der Waals surface area contributed by atoms with Crippen LogP contribution in [0.5, 0.6) is 0 Å². The van der Waals surface area contributed by atoms with E-state index >= 15 is 0 Å². The lowest BCUT2D eigenvalue weighted by Gasteiger charge is -2.44. The second-order valence-electron chi connectivity index (χ2n) is 7.96. The van der Waals surface area contributed by atoms with Crippen molar-refractivity contribution in [2.24, 2.45) is 11.8 Å². The Labute approximate surface area is 145 Å².